The molecule has 5 nitrogen and oxygen atoms in total. The summed E-state index contributed by atoms with van der Waals surface area (Å²) in [6, 6.07) is 0. The van der Waals surface area contributed by atoms with Crippen molar-refractivity contribution in [1.82, 2.24) is 0 Å². The van der Waals surface area contributed by atoms with Crippen molar-refractivity contribution in [1.29, 1.82) is 0 Å². The Morgan fingerprint density at radius 1 is 1.04 bits per heavy atom. The lowest BCUT2D eigenvalue weighted by Gasteiger charge is -2.35. The molecule has 0 aromatic heterocycles. The van der Waals surface area contributed by atoms with Crippen molar-refractivity contribution in [3.8, 4) is 0 Å². The van der Waals surface area contributed by atoms with Crippen molar-refractivity contribution in [2.45, 2.75) is 83.8 Å². The smallest absolute Gasteiger partial charge is 0.351 e. The van der Waals surface area contributed by atoms with Gasteiger partial charge in [-0.1, -0.05) is 26.7 Å². The number of carbonyl (C=O) groups is 3. The van der Waals surface area contributed by atoms with Gasteiger partial charge in [-0.25, -0.2) is 4.79 Å². The molecule has 4 rings (SSSR count). The summed E-state index contributed by atoms with van der Waals surface area (Å²) >= 11 is 0. The van der Waals surface area contributed by atoms with E-state index in [4.69, 9.17) is 9.47 Å². The van der Waals surface area contributed by atoms with E-state index >= 15 is 0 Å². The lowest BCUT2D eigenvalue weighted by Crippen LogP contribution is -2.50. The van der Waals surface area contributed by atoms with Crippen LogP contribution in [0.3, 0.4) is 0 Å². The van der Waals surface area contributed by atoms with Crippen LogP contribution in [-0.2, 0) is 23.9 Å². The van der Waals surface area contributed by atoms with Gasteiger partial charge < -0.3 is 9.47 Å². The first kappa shape index (κ1) is 16.1. The molecule has 1 heterocycles. The first-order valence-electron chi connectivity index (χ1n) is 9.18. The number of carbonyl (C=O) groups excluding carboxylic acids is 3. The van der Waals surface area contributed by atoms with E-state index in [0.29, 0.717) is 19.3 Å². The molecule has 1 unspecified atom stereocenters. The normalized spacial score (nSPS) is 41.9. The highest BCUT2D eigenvalue weighted by molar-refractivity contribution is 5.97. The van der Waals surface area contributed by atoms with Crippen LogP contribution >= 0.6 is 0 Å². The predicted molar refractivity (Wildman–Crippen MR) is 85.0 cm³/mol. The Morgan fingerprint density at radius 3 is 2.25 bits per heavy atom. The van der Waals surface area contributed by atoms with Crippen LogP contribution in [0.4, 0.5) is 0 Å². The molecule has 1 spiro atoms. The van der Waals surface area contributed by atoms with Crippen LogP contribution in [0.25, 0.3) is 0 Å². The Hall–Kier alpha value is -1.39. The van der Waals surface area contributed by atoms with Gasteiger partial charge in [-0.15, -0.1) is 0 Å². The van der Waals surface area contributed by atoms with E-state index in [1.807, 2.05) is 20.8 Å². The molecule has 24 heavy (non-hydrogen) atoms. The molecule has 1 aliphatic heterocycles. The summed E-state index contributed by atoms with van der Waals surface area (Å²) in [6.45, 7) is 5.67. The van der Waals surface area contributed by atoms with Gasteiger partial charge in [-0.3, -0.25) is 9.59 Å². The van der Waals surface area contributed by atoms with Gasteiger partial charge in [0.2, 0.25) is 5.60 Å². The van der Waals surface area contributed by atoms with E-state index in [9.17, 15) is 14.4 Å². The van der Waals surface area contributed by atoms with Gasteiger partial charge >= 0.3 is 11.9 Å². The first-order valence-corrected chi connectivity index (χ1v) is 9.18. The van der Waals surface area contributed by atoms with E-state index in [0.717, 1.165) is 32.1 Å². The molecule has 1 saturated heterocycles. The van der Waals surface area contributed by atoms with Crippen molar-refractivity contribution in [3.63, 3.8) is 0 Å². The summed E-state index contributed by atoms with van der Waals surface area (Å²) in [5.74, 6) is -0.746. The SMILES string of the molecule is CC1(C)[C@@]2(C)CC[C@]1(C(=O)OC1CCC3(CCCC3)C1=O)OC2=O. The van der Waals surface area contributed by atoms with Crippen LogP contribution in [0.15, 0.2) is 0 Å². The minimum absolute atomic E-state index is 0.0904. The molecule has 2 bridgehead atoms. The molecule has 0 amide bonds. The Kier molecular flexibility index (Phi) is 3.09. The molecule has 0 aromatic carbocycles. The number of fused-ring (bicyclic) bond motifs is 2. The lowest BCUT2D eigenvalue weighted by atomic mass is 9.66. The van der Waals surface area contributed by atoms with Gasteiger partial charge in [0.25, 0.3) is 0 Å². The number of hydrogen-bond donors (Lipinski definition) is 0. The Morgan fingerprint density at radius 2 is 1.71 bits per heavy atom. The summed E-state index contributed by atoms with van der Waals surface area (Å²) in [5, 5.41) is 0. The molecule has 4 fully saturated rings. The summed E-state index contributed by atoms with van der Waals surface area (Å²) < 4.78 is 11.2. The fourth-order valence-corrected chi connectivity index (χ4v) is 5.59. The molecule has 0 radical (unpaired) electrons. The third-order valence-corrected chi connectivity index (χ3v) is 7.92. The van der Waals surface area contributed by atoms with E-state index in [2.05, 4.69) is 0 Å². The quantitative estimate of drug-likeness (QED) is 0.726. The second kappa shape index (κ2) is 4.61. The number of ether oxygens (including phenoxy) is 2. The van der Waals surface area contributed by atoms with E-state index in [1.54, 1.807) is 0 Å². The molecule has 5 heteroatoms. The monoisotopic (exact) mass is 334 g/mol. The Balaban J connectivity index is 1.56. The van der Waals surface area contributed by atoms with Crippen LogP contribution in [0.2, 0.25) is 0 Å². The largest absolute Gasteiger partial charge is 0.451 e. The average Bonchev–Trinajstić information content (AvgIpc) is 3.21. The van der Waals surface area contributed by atoms with Crippen molar-refractivity contribution < 1.29 is 23.9 Å². The maximum atomic E-state index is 13.0. The van der Waals surface area contributed by atoms with Crippen LogP contribution in [-0.4, -0.2) is 29.4 Å². The van der Waals surface area contributed by atoms with Crippen LogP contribution in [0.1, 0.15) is 72.1 Å². The predicted octanol–water partition coefficient (Wildman–Crippen LogP) is 2.94. The highest BCUT2D eigenvalue weighted by Crippen LogP contribution is 2.66. The first-order chi connectivity index (χ1) is 11.2. The van der Waals surface area contributed by atoms with Gasteiger partial charge in [0.1, 0.15) is 0 Å². The zero-order valence-corrected chi connectivity index (χ0v) is 14.8. The molecular formula is C19H26O5. The maximum Gasteiger partial charge on any atom is 0.351 e. The molecule has 4 aliphatic rings. The molecule has 0 aromatic rings. The molecule has 3 aliphatic carbocycles. The molecular weight excluding hydrogens is 308 g/mol. The van der Waals surface area contributed by atoms with Crippen LogP contribution in [0, 0.1) is 16.2 Å². The minimum Gasteiger partial charge on any atom is -0.451 e. The second-order valence-corrected chi connectivity index (χ2v) is 8.96. The summed E-state index contributed by atoms with van der Waals surface area (Å²) in [7, 11) is 0. The minimum atomic E-state index is -1.23. The number of ketones is 1. The molecule has 0 N–H and O–H groups in total. The van der Waals surface area contributed by atoms with Crippen molar-refractivity contribution in [3.05, 3.63) is 0 Å². The topological polar surface area (TPSA) is 69.7 Å². The highest BCUT2D eigenvalue weighted by atomic mass is 16.6. The summed E-state index contributed by atoms with van der Waals surface area (Å²) in [4.78, 5) is 38.1. The lowest BCUT2D eigenvalue weighted by molar-refractivity contribution is -0.187. The number of esters is 2. The number of rotatable bonds is 2. The van der Waals surface area contributed by atoms with Gasteiger partial charge in [0.05, 0.1) is 5.41 Å². The van der Waals surface area contributed by atoms with E-state index < -0.39 is 28.5 Å². The van der Waals surface area contributed by atoms with Crippen LogP contribution in [0.5, 0.6) is 0 Å². The molecule has 3 atom stereocenters. The van der Waals surface area contributed by atoms with Crippen molar-refractivity contribution in [2.75, 3.05) is 0 Å². The number of Topliss-reactive ketones (excluding diaryl/α,β-unsaturated/α-hetero) is 1. The Labute approximate surface area is 142 Å². The van der Waals surface area contributed by atoms with Gasteiger partial charge in [0, 0.05) is 10.8 Å². The molecule has 132 valence electrons. The summed E-state index contributed by atoms with van der Waals surface area (Å²) in [5.41, 5.74) is -2.77. The van der Waals surface area contributed by atoms with E-state index in [-0.39, 0.29) is 17.2 Å². The fraction of sp³-hybridized carbons (Fsp3) is 0.842. The van der Waals surface area contributed by atoms with Crippen molar-refractivity contribution >= 4 is 17.7 Å². The zero-order valence-electron chi connectivity index (χ0n) is 14.8. The standard InChI is InChI=1S/C19H26O5/c1-16(2)17(3)10-11-19(16,24-14(17)21)15(22)23-12-6-9-18(13(12)20)7-4-5-8-18/h12H,4-11H2,1-3H3/t12?,17-,19+/m0/s1. The van der Waals surface area contributed by atoms with Crippen molar-refractivity contribution in [2.24, 2.45) is 16.2 Å². The highest BCUT2D eigenvalue weighted by Gasteiger charge is 2.76. The zero-order chi connectivity index (χ0) is 17.4. The molecule has 3 saturated carbocycles. The van der Waals surface area contributed by atoms with Gasteiger partial charge in [-0.05, 0) is 45.4 Å². The second-order valence-electron chi connectivity index (χ2n) is 8.96. The third kappa shape index (κ3) is 1.64. The number of hydrogen-bond acceptors (Lipinski definition) is 5. The van der Waals surface area contributed by atoms with Gasteiger partial charge in [-0.2, -0.15) is 0 Å². The summed E-state index contributed by atoms with van der Waals surface area (Å²) in [6.07, 6.45) is 5.87. The van der Waals surface area contributed by atoms with Crippen LogP contribution < -0.4 is 0 Å². The van der Waals surface area contributed by atoms with Gasteiger partial charge in [0.15, 0.2) is 11.9 Å². The average molecular weight is 334 g/mol. The maximum absolute atomic E-state index is 13.0. The Bertz CT molecular complexity index is 630. The van der Waals surface area contributed by atoms with E-state index in [1.165, 1.54) is 0 Å². The fourth-order valence-electron chi connectivity index (χ4n) is 5.59. The third-order valence-electron chi connectivity index (χ3n) is 7.92.